The molecule has 1 heterocycles. The summed E-state index contributed by atoms with van der Waals surface area (Å²) in [5.74, 6) is -0.375. The van der Waals surface area contributed by atoms with Crippen LogP contribution in [0.15, 0.2) is 59.8 Å². The zero-order chi connectivity index (χ0) is 13.7. The number of benzene rings is 1. The van der Waals surface area contributed by atoms with E-state index in [0.717, 1.165) is 10.3 Å². The molecule has 0 bridgehead atoms. The molecule has 2 aromatic rings. The zero-order valence-corrected chi connectivity index (χ0v) is 11.2. The van der Waals surface area contributed by atoms with Crippen molar-refractivity contribution in [3.63, 3.8) is 0 Å². The van der Waals surface area contributed by atoms with Crippen molar-refractivity contribution in [2.75, 3.05) is 7.11 Å². The Morgan fingerprint density at radius 2 is 1.89 bits per heavy atom. The third-order valence-corrected chi connectivity index (χ3v) is 3.80. The molecule has 0 saturated heterocycles. The van der Waals surface area contributed by atoms with Crippen LogP contribution in [0.1, 0.15) is 10.8 Å². The summed E-state index contributed by atoms with van der Waals surface area (Å²) in [4.78, 5) is 11.9. The standard InChI is InChI=1S/C14H13NO3S/c1-18-14(16)13(11-7-3-2-4-8-11)19-12-9-5-6-10-15(12)17/h2-10,13H,1H3. The number of ether oxygens (including phenoxy) is 1. The van der Waals surface area contributed by atoms with Gasteiger partial charge in [-0.3, -0.25) is 4.79 Å². The lowest BCUT2D eigenvalue weighted by atomic mass is 10.1. The Morgan fingerprint density at radius 1 is 1.21 bits per heavy atom. The predicted octanol–water partition coefficient (Wildman–Crippen LogP) is 2.33. The topological polar surface area (TPSA) is 53.2 Å². The maximum atomic E-state index is 11.9. The maximum Gasteiger partial charge on any atom is 0.323 e. The first-order valence-corrected chi connectivity index (χ1v) is 6.58. The zero-order valence-electron chi connectivity index (χ0n) is 10.4. The highest BCUT2D eigenvalue weighted by atomic mass is 32.2. The van der Waals surface area contributed by atoms with Crippen LogP contribution in [0.3, 0.4) is 0 Å². The minimum absolute atomic E-state index is 0.375. The van der Waals surface area contributed by atoms with E-state index in [4.69, 9.17) is 4.74 Å². The number of esters is 1. The van der Waals surface area contributed by atoms with E-state index >= 15 is 0 Å². The Bertz CT molecular complexity index is 560. The molecule has 1 aromatic heterocycles. The lowest BCUT2D eigenvalue weighted by molar-refractivity contribution is -0.645. The molecule has 1 atom stereocenters. The third kappa shape index (κ3) is 3.26. The quantitative estimate of drug-likeness (QED) is 0.372. The second kappa shape index (κ2) is 6.24. The van der Waals surface area contributed by atoms with Crippen molar-refractivity contribution >= 4 is 17.7 Å². The Labute approximate surface area is 115 Å². The number of aromatic nitrogens is 1. The van der Waals surface area contributed by atoms with Gasteiger partial charge in [0.1, 0.15) is 5.25 Å². The normalized spacial score (nSPS) is 11.8. The molecule has 0 N–H and O–H groups in total. The summed E-state index contributed by atoms with van der Waals surface area (Å²) >= 11 is 1.18. The fourth-order valence-corrected chi connectivity index (χ4v) is 2.66. The maximum absolute atomic E-state index is 11.9. The van der Waals surface area contributed by atoms with Crippen molar-refractivity contribution in [1.29, 1.82) is 0 Å². The van der Waals surface area contributed by atoms with Crippen molar-refractivity contribution in [1.82, 2.24) is 0 Å². The fourth-order valence-electron chi connectivity index (χ4n) is 1.61. The lowest BCUT2D eigenvalue weighted by Gasteiger charge is -2.13. The average Bonchev–Trinajstić information content (AvgIpc) is 2.46. The first-order valence-electron chi connectivity index (χ1n) is 5.70. The number of pyridine rings is 1. The summed E-state index contributed by atoms with van der Waals surface area (Å²) in [6.45, 7) is 0. The molecular weight excluding hydrogens is 262 g/mol. The van der Waals surface area contributed by atoms with Gasteiger partial charge in [0.25, 0.3) is 5.03 Å². The number of thioether (sulfide) groups is 1. The number of carbonyl (C=O) groups is 1. The van der Waals surface area contributed by atoms with Crippen molar-refractivity contribution in [3.05, 3.63) is 65.5 Å². The van der Waals surface area contributed by atoms with Gasteiger partial charge in [0, 0.05) is 12.1 Å². The molecule has 0 fully saturated rings. The number of hydrogen-bond donors (Lipinski definition) is 0. The number of rotatable bonds is 4. The van der Waals surface area contributed by atoms with E-state index in [1.54, 1.807) is 18.2 Å². The van der Waals surface area contributed by atoms with Gasteiger partial charge < -0.3 is 9.94 Å². The van der Waals surface area contributed by atoms with Crippen molar-refractivity contribution in [2.45, 2.75) is 10.3 Å². The van der Waals surface area contributed by atoms with Gasteiger partial charge in [-0.15, -0.1) is 0 Å². The minimum atomic E-state index is -0.547. The van der Waals surface area contributed by atoms with Crippen LogP contribution in [-0.4, -0.2) is 13.1 Å². The van der Waals surface area contributed by atoms with Crippen LogP contribution in [0.4, 0.5) is 0 Å². The smallest absolute Gasteiger partial charge is 0.323 e. The van der Waals surface area contributed by atoms with Crippen LogP contribution in [-0.2, 0) is 9.53 Å². The highest BCUT2D eigenvalue weighted by Crippen LogP contribution is 2.34. The van der Waals surface area contributed by atoms with Crippen LogP contribution in [0.25, 0.3) is 0 Å². The molecule has 2 rings (SSSR count). The summed E-state index contributed by atoms with van der Waals surface area (Å²) in [5, 5.41) is 11.6. The molecule has 0 amide bonds. The largest absolute Gasteiger partial charge is 0.618 e. The molecule has 0 radical (unpaired) electrons. The second-order valence-electron chi connectivity index (χ2n) is 3.80. The van der Waals surface area contributed by atoms with E-state index in [2.05, 4.69) is 0 Å². The van der Waals surface area contributed by atoms with Gasteiger partial charge in [-0.25, -0.2) is 0 Å². The Balaban J connectivity index is 2.30. The summed E-state index contributed by atoms with van der Waals surface area (Å²) in [7, 11) is 1.34. The van der Waals surface area contributed by atoms with Gasteiger partial charge in [0.15, 0.2) is 6.20 Å². The number of nitrogens with zero attached hydrogens (tertiary/aromatic N) is 1. The van der Waals surface area contributed by atoms with Gasteiger partial charge in [-0.05, 0) is 23.4 Å². The van der Waals surface area contributed by atoms with Crippen LogP contribution in [0, 0.1) is 5.21 Å². The molecule has 0 spiro atoms. The minimum Gasteiger partial charge on any atom is -0.618 e. The van der Waals surface area contributed by atoms with E-state index in [-0.39, 0.29) is 5.97 Å². The van der Waals surface area contributed by atoms with E-state index in [1.807, 2.05) is 30.3 Å². The van der Waals surface area contributed by atoms with Crippen molar-refractivity contribution in [3.8, 4) is 0 Å². The Hall–Kier alpha value is -2.01. The van der Waals surface area contributed by atoms with Crippen LogP contribution in [0.5, 0.6) is 0 Å². The van der Waals surface area contributed by atoms with Crippen molar-refractivity contribution in [2.24, 2.45) is 0 Å². The molecule has 98 valence electrons. The first kappa shape index (κ1) is 13.4. The molecule has 0 aliphatic carbocycles. The molecule has 4 nitrogen and oxygen atoms in total. The fraction of sp³-hybridized carbons (Fsp3) is 0.143. The molecular formula is C14H13NO3S. The van der Waals surface area contributed by atoms with Gasteiger partial charge in [-0.2, -0.15) is 4.73 Å². The summed E-state index contributed by atoms with van der Waals surface area (Å²) in [6, 6.07) is 14.3. The summed E-state index contributed by atoms with van der Waals surface area (Å²) in [5.41, 5.74) is 0.809. The molecule has 0 aliphatic heterocycles. The summed E-state index contributed by atoms with van der Waals surface area (Å²) < 4.78 is 5.55. The van der Waals surface area contributed by atoms with Gasteiger partial charge in [0.05, 0.1) is 7.11 Å². The van der Waals surface area contributed by atoms with E-state index in [1.165, 1.54) is 25.1 Å². The van der Waals surface area contributed by atoms with E-state index < -0.39 is 5.25 Å². The first-order chi connectivity index (χ1) is 9.22. The SMILES string of the molecule is COC(=O)C(Sc1cccc[n+]1[O-])c1ccccc1. The highest BCUT2D eigenvalue weighted by molar-refractivity contribution is 8.00. The predicted molar refractivity (Wildman–Crippen MR) is 72.5 cm³/mol. The molecule has 0 aliphatic rings. The summed E-state index contributed by atoms with van der Waals surface area (Å²) in [6.07, 6.45) is 1.40. The Morgan fingerprint density at radius 3 is 2.53 bits per heavy atom. The molecule has 19 heavy (non-hydrogen) atoms. The van der Waals surface area contributed by atoms with Gasteiger partial charge in [0.2, 0.25) is 0 Å². The van der Waals surface area contributed by atoms with Crippen LogP contribution >= 0.6 is 11.8 Å². The highest BCUT2D eigenvalue weighted by Gasteiger charge is 2.25. The molecule has 1 aromatic carbocycles. The second-order valence-corrected chi connectivity index (χ2v) is 4.92. The van der Waals surface area contributed by atoms with Crippen LogP contribution in [0.2, 0.25) is 0 Å². The molecule has 0 saturated carbocycles. The van der Waals surface area contributed by atoms with E-state index in [0.29, 0.717) is 5.03 Å². The number of carbonyl (C=O) groups excluding carboxylic acids is 1. The van der Waals surface area contributed by atoms with Crippen molar-refractivity contribution < 1.29 is 14.3 Å². The van der Waals surface area contributed by atoms with Gasteiger partial charge >= 0.3 is 5.97 Å². The van der Waals surface area contributed by atoms with Gasteiger partial charge in [-0.1, -0.05) is 30.3 Å². The van der Waals surface area contributed by atoms with Crippen LogP contribution < -0.4 is 4.73 Å². The average molecular weight is 275 g/mol. The monoisotopic (exact) mass is 275 g/mol. The lowest BCUT2D eigenvalue weighted by Crippen LogP contribution is -2.28. The third-order valence-electron chi connectivity index (χ3n) is 2.54. The number of hydrogen-bond acceptors (Lipinski definition) is 4. The Kier molecular flexibility index (Phi) is 4.41. The number of methoxy groups -OCH3 is 1. The molecule has 5 heteroatoms. The molecule has 1 unspecified atom stereocenters. The van der Waals surface area contributed by atoms with E-state index in [9.17, 15) is 10.0 Å².